The quantitative estimate of drug-likeness (QED) is 0.331. The SMILES string of the molecule is CC(C)C1C(/C=C/C2C[C@@H](O)CC(=O)O2)C(c2ccc(F)cc2)CC(c2ccccc2)N1C1CCCCC1. The van der Waals surface area contributed by atoms with Gasteiger partial charge in [0.15, 0.2) is 0 Å². The van der Waals surface area contributed by atoms with E-state index in [2.05, 4.69) is 55.2 Å². The minimum atomic E-state index is -0.660. The minimum absolute atomic E-state index is 0.0643. The molecule has 5 unspecified atom stereocenters. The van der Waals surface area contributed by atoms with Gasteiger partial charge in [-0.05, 0) is 66.4 Å². The molecule has 4 nitrogen and oxygen atoms in total. The summed E-state index contributed by atoms with van der Waals surface area (Å²) in [7, 11) is 0. The molecule has 0 bridgehead atoms. The highest BCUT2D eigenvalue weighted by atomic mass is 19.1. The summed E-state index contributed by atoms with van der Waals surface area (Å²) in [4.78, 5) is 14.9. The molecule has 204 valence electrons. The van der Waals surface area contributed by atoms with Crippen LogP contribution < -0.4 is 0 Å². The van der Waals surface area contributed by atoms with Gasteiger partial charge in [-0.2, -0.15) is 0 Å². The van der Waals surface area contributed by atoms with Gasteiger partial charge in [0.2, 0.25) is 0 Å². The first kappa shape index (κ1) is 27.1. The molecule has 0 spiro atoms. The van der Waals surface area contributed by atoms with E-state index in [1.54, 1.807) is 12.1 Å². The van der Waals surface area contributed by atoms with Gasteiger partial charge in [-0.1, -0.05) is 81.7 Å². The first-order valence-electron chi connectivity index (χ1n) is 14.5. The van der Waals surface area contributed by atoms with Crippen molar-refractivity contribution in [3.05, 3.63) is 83.7 Å². The van der Waals surface area contributed by atoms with Crippen molar-refractivity contribution in [3.63, 3.8) is 0 Å². The molecule has 3 aliphatic rings. The molecule has 0 amide bonds. The summed E-state index contributed by atoms with van der Waals surface area (Å²) in [6.45, 7) is 4.64. The number of halogens is 1. The van der Waals surface area contributed by atoms with E-state index in [9.17, 15) is 14.3 Å². The van der Waals surface area contributed by atoms with Crippen LogP contribution in [0.5, 0.6) is 0 Å². The topological polar surface area (TPSA) is 49.8 Å². The maximum atomic E-state index is 14.0. The molecule has 5 rings (SSSR count). The van der Waals surface area contributed by atoms with Crippen molar-refractivity contribution in [2.24, 2.45) is 11.8 Å². The van der Waals surface area contributed by atoms with Crippen molar-refractivity contribution in [2.45, 2.75) is 101 Å². The zero-order valence-electron chi connectivity index (χ0n) is 22.7. The van der Waals surface area contributed by atoms with Crippen LogP contribution in [0.4, 0.5) is 4.39 Å². The normalized spacial score (nSPS) is 31.6. The first-order valence-corrected chi connectivity index (χ1v) is 14.5. The lowest BCUT2D eigenvalue weighted by Gasteiger charge is -2.55. The number of hydrogen-bond donors (Lipinski definition) is 1. The van der Waals surface area contributed by atoms with Gasteiger partial charge in [0.1, 0.15) is 11.9 Å². The van der Waals surface area contributed by atoms with Crippen LogP contribution in [0.1, 0.15) is 88.3 Å². The molecule has 2 aromatic carbocycles. The maximum Gasteiger partial charge on any atom is 0.309 e. The van der Waals surface area contributed by atoms with Crippen LogP contribution in [-0.2, 0) is 9.53 Å². The highest BCUT2D eigenvalue weighted by Crippen LogP contribution is 2.50. The van der Waals surface area contributed by atoms with Crippen LogP contribution in [0.15, 0.2) is 66.7 Å². The lowest BCUT2D eigenvalue weighted by atomic mass is 9.67. The van der Waals surface area contributed by atoms with Crippen LogP contribution in [0.2, 0.25) is 0 Å². The summed E-state index contributed by atoms with van der Waals surface area (Å²) in [5, 5.41) is 10.2. The molecule has 1 aliphatic carbocycles. The standard InChI is InChI=1S/C33H42FNO3/c1-22(2)33-29(18-17-28-19-27(36)20-32(37)38-28)30(23-13-15-25(34)16-14-23)21-31(24-9-5-3-6-10-24)35(33)26-11-7-4-8-12-26/h3,5-6,9-10,13-18,22,26-31,33,36H,4,7-8,11-12,19-21H2,1-2H3/b18-17+/t27-,28?,29?,30?,31?,33?/m1/s1. The highest BCUT2D eigenvalue weighted by Gasteiger charge is 2.47. The van der Waals surface area contributed by atoms with Gasteiger partial charge >= 0.3 is 5.97 Å². The molecule has 2 heterocycles. The molecule has 1 saturated carbocycles. The summed E-state index contributed by atoms with van der Waals surface area (Å²) < 4.78 is 19.6. The van der Waals surface area contributed by atoms with Crippen LogP contribution >= 0.6 is 0 Å². The number of hydrogen-bond acceptors (Lipinski definition) is 4. The number of ether oxygens (including phenoxy) is 1. The molecule has 5 heteroatoms. The number of aliphatic hydroxyl groups excluding tert-OH is 1. The average molecular weight is 520 g/mol. The zero-order chi connectivity index (χ0) is 26.6. The molecular formula is C33H42FNO3. The summed E-state index contributed by atoms with van der Waals surface area (Å²) in [6.07, 6.45) is 10.9. The van der Waals surface area contributed by atoms with E-state index in [0.717, 1.165) is 12.0 Å². The number of carbonyl (C=O) groups is 1. The summed E-state index contributed by atoms with van der Waals surface area (Å²) in [5.41, 5.74) is 2.50. The summed E-state index contributed by atoms with van der Waals surface area (Å²) in [6, 6.07) is 19.0. The van der Waals surface area contributed by atoms with Gasteiger partial charge in [0.05, 0.1) is 12.5 Å². The molecule has 2 saturated heterocycles. The third-order valence-electron chi connectivity index (χ3n) is 8.94. The third-order valence-corrected chi connectivity index (χ3v) is 8.94. The number of esters is 1. The molecule has 0 radical (unpaired) electrons. The van der Waals surface area contributed by atoms with Crippen molar-refractivity contribution >= 4 is 5.97 Å². The Kier molecular flexibility index (Phi) is 8.64. The Morgan fingerprint density at radius 3 is 2.32 bits per heavy atom. The van der Waals surface area contributed by atoms with Gasteiger partial charge in [0.25, 0.3) is 0 Å². The first-order chi connectivity index (χ1) is 18.4. The van der Waals surface area contributed by atoms with Crippen LogP contribution in [-0.4, -0.2) is 40.3 Å². The van der Waals surface area contributed by atoms with E-state index in [4.69, 9.17) is 4.74 Å². The Hall–Kier alpha value is -2.50. The van der Waals surface area contributed by atoms with E-state index in [1.807, 2.05) is 18.2 Å². The number of aliphatic hydroxyl groups is 1. The molecule has 0 aromatic heterocycles. The molecule has 38 heavy (non-hydrogen) atoms. The Balaban J connectivity index is 1.57. The van der Waals surface area contributed by atoms with Gasteiger partial charge in [-0.3, -0.25) is 9.69 Å². The molecule has 6 atom stereocenters. The van der Waals surface area contributed by atoms with Crippen molar-refractivity contribution in [2.75, 3.05) is 0 Å². The monoisotopic (exact) mass is 519 g/mol. The van der Waals surface area contributed by atoms with E-state index >= 15 is 0 Å². The number of nitrogens with zero attached hydrogens (tertiary/aromatic N) is 1. The Morgan fingerprint density at radius 2 is 1.66 bits per heavy atom. The predicted octanol–water partition coefficient (Wildman–Crippen LogP) is 6.95. The Labute approximate surface area is 226 Å². The van der Waals surface area contributed by atoms with E-state index in [1.165, 1.54) is 37.7 Å². The fourth-order valence-corrected chi connectivity index (χ4v) is 7.31. The van der Waals surface area contributed by atoms with Gasteiger partial charge in [0, 0.05) is 24.5 Å². The number of piperidine rings is 1. The highest BCUT2D eigenvalue weighted by molar-refractivity contribution is 5.71. The van der Waals surface area contributed by atoms with Crippen LogP contribution in [0, 0.1) is 17.7 Å². The van der Waals surface area contributed by atoms with Crippen LogP contribution in [0.25, 0.3) is 0 Å². The largest absolute Gasteiger partial charge is 0.458 e. The number of carbonyl (C=O) groups excluding carboxylic acids is 1. The second kappa shape index (κ2) is 12.1. The molecule has 1 N–H and O–H groups in total. The van der Waals surface area contributed by atoms with Crippen molar-refractivity contribution in [3.8, 4) is 0 Å². The molecule has 2 aromatic rings. The van der Waals surface area contributed by atoms with Gasteiger partial charge in [-0.15, -0.1) is 0 Å². The van der Waals surface area contributed by atoms with Crippen molar-refractivity contribution in [1.29, 1.82) is 0 Å². The summed E-state index contributed by atoms with van der Waals surface area (Å²) in [5.74, 6) is 0.184. The third kappa shape index (κ3) is 6.05. The number of benzene rings is 2. The number of cyclic esters (lactones) is 1. The zero-order valence-corrected chi connectivity index (χ0v) is 22.7. The van der Waals surface area contributed by atoms with Crippen LogP contribution in [0.3, 0.4) is 0 Å². The Bertz CT molecular complexity index is 1080. The van der Waals surface area contributed by atoms with E-state index < -0.39 is 12.2 Å². The second-order valence-corrected chi connectivity index (χ2v) is 11.9. The van der Waals surface area contributed by atoms with Gasteiger partial charge < -0.3 is 9.84 Å². The van der Waals surface area contributed by atoms with Crippen molar-refractivity contribution in [1.82, 2.24) is 4.90 Å². The van der Waals surface area contributed by atoms with Gasteiger partial charge in [-0.25, -0.2) is 4.39 Å². The summed E-state index contributed by atoms with van der Waals surface area (Å²) >= 11 is 0. The lowest BCUT2D eigenvalue weighted by Crippen LogP contribution is -2.56. The maximum absolute atomic E-state index is 14.0. The number of rotatable bonds is 6. The second-order valence-electron chi connectivity index (χ2n) is 11.9. The number of likely N-dealkylation sites (tertiary alicyclic amines) is 1. The Morgan fingerprint density at radius 1 is 0.947 bits per heavy atom. The molecule has 3 fully saturated rings. The average Bonchev–Trinajstić information content (AvgIpc) is 2.92. The molecular weight excluding hydrogens is 477 g/mol. The smallest absolute Gasteiger partial charge is 0.309 e. The predicted molar refractivity (Wildman–Crippen MR) is 148 cm³/mol. The van der Waals surface area contributed by atoms with E-state index in [0.29, 0.717) is 18.4 Å². The fourth-order valence-electron chi connectivity index (χ4n) is 7.31. The molecule has 2 aliphatic heterocycles. The van der Waals surface area contributed by atoms with Crippen molar-refractivity contribution < 1.29 is 19.0 Å². The minimum Gasteiger partial charge on any atom is -0.458 e. The van der Waals surface area contributed by atoms with E-state index in [-0.39, 0.29) is 42.1 Å². The lowest BCUT2D eigenvalue weighted by molar-refractivity contribution is -0.156. The fraction of sp³-hybridized carbons (Fsp3) is 0.545.